The Balaban J connectivity index is 2.49. The summed E-state index contributed by atoms with van der Waals surface area (Å²) in [4.78, 5) is 21.4. The van der Waals surface area contributed by atoms with Crippen LogP contribution in [0, 0.1) is 0 Å². The maximum atomic E-state index is 11.5. The van der Waals surface area contributed by atoms with E-state index in [0.29, 0.717) is 18.0 Å². The number of ether oxygens (including phenoxy) is 2. The third-order valence-corrected chi connectivity index (χ3v) is 2.32. The zero-order valence-corrected chi connectivity index (χ0v) is 10.0. The van der Waals surface area contributed by atoms with Crippen LogP contribution < -0.4 is 0 Å². The van der Waals surface area contributed by atoms with Gasteiger partial charge in [0.05, 0.1) is 5.56 Å². The van der Waals surface area contributed by atoms with Gasteiger partial charge in [0.2, 0.25) is 0 Å². The first-order chi connectivity index (χ1) is 8.15. The summed E-state index contributed by atoms with van der Waals surface area (Å²) in [6, 6.07) is 7.28. The zero-order chi connectivity index (χ0) is 12.7. The van der Waals surface area contributed by atoms with Gasteiger partial charge in [-0.2, -0.15) is 0 Å². The van der Waals surface area contributed by atoms with Crippen LogP contribution in [0.5, 0.6) is 0 Å². The molecule has 0 fully saturated rings. The molecule has 0 aliphatic heterocycles. The lowest BCUT2D eigenvalue weighted by molar-refractivity contribution is -0.129. The lowest BCUT2D eigenvalue weighted by Crippen LogP contribution is -2.10. The Labute approximate surface area is 101 Å². The van der Waals surface area contributed by atoms with E-state index in [1.807, 2.05) is 12.1 Å². The Kier molecular flexibility index (Phi) is 5.20. The van der Waals surface area contributed by atoms with E-state index >= 15 is 0 Å². The number of carbonyl (C=O) groups excluding carboxylic acids is 2. The Bertz CT molecular complexity index is 368. The normalized spacial score (nSPS) is 10.1. The molecule has 92 valence electrons. The van der Waals surface area contributed by atoms with Crippen LogP contribution in [0.25, 0.3) is 0 Å². The Morgan fingerprint density at radius 3 is 2.41 bits per heavy atom. The summed E-state index contributed by atoms with van der Waals surface area (Å²) in [5, 5.41) is 0. The molecule has 1 rings (SSSR count). The predicted molar refractivity (Wildman–Crippen MR) is 62.8 cm³/mol. The van der Waals surface area contributed by atoms with E-state index in [1.165, 1.54) is 5.56 Å². The number of esters is 1. The number of hydrogen-bond donors (Lipinski definition) is 0. The first-order valence-electron chi connectivity index (χ1n) is 5.47. The maximum absolute atomic E-state index is 11.5. The van der Waals surface area contributed by atoms with Gasteiger partial charge in [0, 0.05) is 0 Å². The van der Waals surface area contributed by atoms with Gasteiger partial charge in [-0.25, -0.2) is 4.79 Å². The smallest absolute Gasteiger partial charge is 0.338 e. The molecule has 0 aromatic heterocycles. The largest absolute Gasteiger partial charge is 0.464 e. The lowest BCUT2D eigenvalue weighted by Gasteiger charge is -2.07. The van der Waals surface area contributed by atoms with Crippen LogP contribution in [0.1, 0.15) is 35.7 Å². The number of hydrogen-bond acceptors (Lipinski definition) is 4. The Morgan fingerprint density at radius 1 is 1.24 bits per heavy atom. The van der Waals surface area contributed by atoms with Crippen LogP contribution in [0.2, 0.25) is 0 Å². The van der Waals surface area contributed by atoms with E-state index in [9.17, 15) is 9.59 Å². The molecular weight excluding hydrogens is 220 g/mol. The van der Waals surface area contributed by atoms with Crippen molar-refractivity contribution in [3.05, 3.63) is 35.4 Å². The molecule has 0 aliphatic rings. The van der Waals surface area contributed by atoms with Crippen LogP contribution in [0.15, 0.2) is 24.3 Å². The molecule has 0 spiro atoms. The molecule has 0 heterocycles. The number of carbonyl (C=O) groups is 2. The second-order valence-corrected chi connectivity index (χ2v) is 3.88. The first kappa shape index (κ1) is 13.2. The van der Waals surface area contributed by atoms with Gasteiger partial charge in [-0.3, -0.25) is 4.79 Å². The predicted octanol–water partition coefficient (Wildman–Crippen LogP) is 2.14. The fourth-order valence-corrected chi connectivity index (χ4v) is 1.32. The van der Waals surface area contributed by atoms with Crippen molar-refractivity contribution in [1.82, 2.24) is 0 Å². The lowest BCUT2D eigenvalue weighted by atomic mass is 10.0. The van der Waals surface area contributed by atoms with Crippen molar-refractivity contribution >= 4 is 12.4 Å². The van der Waals surface area contributed by atoms with Crippen LogP contribution in [-0.4, -0.2) is 25.7 Å². The van der Waals surface area contributed by atoms with E-state index in [1.54, 1.807) is 12.1 Å². The van der Waals surface area contributed by atoms with Gasteiger partial charge in [0.1, 0.15) is 13.2 Å². The third kappa shape index (κ3) is 4.26. The highest BCUT2D eigenvalue weighted by atomic mass is 16.6. The molecule has 0 saturated carbocycles. The summed E-state index contributed by atoms with van der Waals surface area (Å²) in [6.07, 6.45) is 0. The summed E-state index contributed by atoms with van der Waals surface area (Å²) in [7, 11) is 0. The fraction of sp³-hybridized carbons (Fsp3) is 0.385. The summed E-state index contributed by atoms with van der Waals surface area (Å²) in [6.45, 7) is 4.66. The van der Waals surface area contributed by atoms with E-state index in [-0.39, 0.29) is 13.2 Å². The van der Waals surface area contributed by atoms with Crippen molar-refractivity contribution in [1.29, 1.82) is 0 Å². The third-order valence-electron chi connectivity index (χ3n) is 2.32. The quantitative estimate of drug-likeness (QED) is 0.431. The van der Waals surface area contributed by atoms with Crippen molar-refractivity contribution in [2.75, 3.05) is 13.2 Å². The number of rotatable bonds is 6. The minimum absolute atomic E-state index is 0.0729. The first-order valence-corrected chi connectivity index (χ1v) is 5.47. The van der Waals surface area contributed by atoms with Gasteiger partial charge in [-0.05, 0) is 23.6 Å². The molecule has 0 atom stereocenters. The second kappa shape index (κ2) is 6.68. The highest BCUT2D eigenvalue weighted by molar-refractivity contribution is 5.89. The van der Waals surface area contributed by atoms with Gasteiger partial charge in [0.15, 0.2) is 0 Å². The molecule has 0 aliphatic carbocycles. The van der Waals surface area contributed by atoms with Crippen molar-refractivity contribution in [3.63, 3.8) is 0 Å². The van der Waals surface area contributed by atoms with Gasteiger partial charge < -0.3 is 9.47 Å². The standard InChI is InChI=1S/C13H16O4/c1-10(2)11-3-5-12(6-4-11)13(15)17-8-7-16-9-14/h3-6,9-10H,7-8H2,1-2H3. The minimum atomic E-state index is -0.408. The van der Waals surface area contributed by atoms with E-state index in [4.69, 9.17) is 4.74 Å². The average molecular weight is 236 g/mol. The molecule has 0 bridgehead atoms. The van der Waals surface area contributed by atoms with Crippen LogP contribution >= 0.6 is 0 Å². The van der Waals surface area contributed by atoms with Crippen LogP contribution in [0.4, 0.5) is 0 Å². The SMILES string of the molecule is CC(C)c1ccc(C(=O)OCCOC=O)cc1. The minimum Gasteiger partial charge on any atom is -0.464 e. The van der Waals surface area contributed by atoms with E-state index in [2.05, 4.69) is 18.6 Å². The molecule has 1 aromatic carbocycles. The van der Waals surface area contributed by atoms with Crippen molar-refractivity contribution < 1.29 is 19.1 Å². The highest BCUT2D eigenvalue weighted by Crippen LogP contribution is 2.15. The Morgan fingerprint density at radius 2 is 1.88 bits per heavy atom. The topological polar surface area (TPSA) is 52.6 Å². The number of benzene rings is 1. The van der Waals surface area contributed by atoms with Gasteiger partial charge in [0.25, 0.3) is 6.47 Å². The summed E-state index contributed by atoms with van der Waals surface area (Å²) < 4.78 is 9.32. The molecule has 0 N–H and O–H groups in total. The molecule has 0 amide bonds. The highest BCUT2D eigenvalue weighted by Gasteiger charge is 2.07. The van der Waals surface area contributed by atoms with Crippen molar-refractivity contribution in [2.24, 2.45) is 0 Å². The summed E-state index contributed by atoms with van der Waals surface area (Å²) in [5.41, 5.74) is 1.67. The van der Waals surface area contributed by atoms with Crippen molar-refractivity contribution in [3.8, 4) is 0 Å². The Hall–Kier alpha value is -1.84. The zero-order valence-electron chi connectivity index (χ0n) is 10.0. The molecule has 17 heavy (non-hydrogen) atoms. The molecule has 4 nitrogen and oxygen atoms in total. The summed E-state index contributed by atoms with van der Waals surface area (Å²) >= 11 is 0. The molecule has 1 aromatic rings. The van der Waals surface area contributed by atoms with Crippen LogP contribution in [-0.2, 0) is 14.3 Å². The molecule has 4 heteroatoms. The molecular formula is C13H16O4. The molecule has 0 radical (unpaired) electrons. The summed E-state index contributed by atoms with van der Waals surface area (Å²) in [5.74, 6) is 0.0240. The van der Waals surface area contributed by atoms with Gasteiger partial charge >= 0.3 is 5.97 Å². The van der Waals surface area contributed by atoms with Crippen LogP contribution in [0.3, 0.4) is 0 Å². The van der Waals surface area contributed by atoms with Crippen molar-refractivity contribution in [2.45, 2.75) is 19.8 Å². The monoisotopic (exact) mass is 236 g/mol. The van der Waals surface area contributed by atoms with E-state index < -0.39 is 5.97 Å². The van der Waals surface area contributed by atoms with E-state index in [0.717, 1.165) is 0 Å². The second-order valence-electron chi connectivity index (χ2n) is 3.88. The average Bonchev–Trinajstić information content (AvgIpc) is 2.34. The van der Waals surface area contributed by atoms with Gasteiger partial charge in [-0.1, -0.05) is 26.0 Å². The maximum Gasteiger partial charge on any atom is 0.338 e. The fourth-order valence-electron chi connectivity index (χ4n) is 1.32. The molecule has 0 unspecified atom stereocenters. The van der Waals surface area contributed by atoms with Gasteiger partial charge in [-0.15, -0.1) is 0 Å². The molecule has 0 saturated heterocycles.